The summed E-state index contributed by atoms with van der Waals surface area (Å²) < 4.78 is 38.0. The second-order valence-electron chi connectivity index (χ2n) is 4.00. The van der Waals surface area contributed by atoms with Crippen LogP contribution in [0.3, 0.4) is 0 Å². The second kappa shape index (κ2) is 5.24. The Balaban J connectivity index is 2.49. The predicted molar refractivity (Wildman–Crippen MR) is 68.0 cm³/mol. The van der Waals surface area contributed by atoms with Crippen LogP contribution in [0.4, 0.5) is 29.3 Å². The van der Waals surface area contributed by atoms with Crippen molar-refractivity contribution in [1.82, 2.24) is 0 Å². The molecule has 2 rings (SSSR count). The van der Waals surface area contributed by atoms with Crippen LogP contribution in [0, 0.1) is 0 Å². The number of alkyl halides is 3. The lowest BCUT2D eigenvalue weighted by atomic mass is 10.1. The number of amides is 1. The molecule has 0 aliphatic heterocycles. The van der Waals surface area contributed by atoms with Crippen LogP contribution >= 0.6 is 0 Å². The highest BCUT2D eigenvalue weighted by atomic mass is 19.4. The summed E-state index contributed by atoms with van der Waals surface area (Å²) in [5, 5.41) is 9.22. The molecule has 0 saturated heterocycles. The largest absolute Gasteiger partial charge is 0.464 e. The van der Waals surface area contributed by atoms with Gasteiger partial charge in [-0.25, -0.2) is 9.69 Å². The summed E-state index contributed by atoms with van der Waals surface area (Å²) in [5.74, 6) is 0. The molecule has 0 aliphatic carbocycles. The van der Waals surface area contributed by atoms with Crippen molar-refractivity contribution in [1.29, 1.82) is 0 Å². The van der Waals surface area contributed by atoms with Gasteiger partial charge in [0.05, 0.1) is 16.9 Å². The van der Waals surface area contributed by atoms with Gasteiger partial charge < -0.3 is 5.11 Å². The lowest BCUT2D eigenvalue weighted by molar-refractivity contribution is -0.137. The molecule has 2 aromatic rings. The molecule has 3 nitrogen and oxygen atoms in total. The van der Waals surface area contributed by atoms with E-state index in [0.29, 0.717) is 0 Å². The quantitative estimate of drug-likeness (QED) is 0.879. The molecule has 0 aliphatic rings. The molecule has 1 amide bonds. The van der Waals surface area contributed by atoms with E-state index >= 15 is 0 Å². The molecule has 0 bridgehead atoms. The molecule has 2 aromatic carbocycles. The molecule has 0 atom stereocenters. The zero-order chi connectivity index (χ0) is 14.8. The molecule has 0 heterocycles. The van der Waals surface area contributed by atoms with Crippen LogP contribution < -0.4 is 4.90 Å². The van der Waals surface area contributed by atoms with Gasteiger partial charge >= 0.3 is 12.3 Å². The van der Waals surface area contributed by atoms with E-state index in [-0.39, 0.29) is 11.4 Å². The Morgan fingerprint density at radius 2 is 1.55 bits per heavy atom. The summed E-state index contributed by atoms with van der Waals surface area (Å²) in [5.41, 5.74) is -0.671. The lowest BCUT2D eigenvalue weighted by Crippen LogP contribution is -2.24. The highest BCUT2D eigenvalue weighted by molar-refractivity contribution is 5.94. The fourth-order valence-electron chi connectivity index (χ4n) is 1.77. The molecule has 0 spiro atoms. The Labute approximate surface area is 112 Å². The summed E-state index contributed by atoms with van der Waals surface area (Å²) >= 11 is 0. The van der Waals surface area contributed by atoms with E-state index in [1.165, 1.54) is 24.3 Å². The number of anilines is 2. The van der Waals surface area contributed by atoms with Crippen molar-refractivity contribution in [3.63, 3.8) is 0 Å². The third kappa shape index (κ3) is 2.90. The van der Waals surface area contributed by atoms with Crippen LogP contribution in [0.5, 0.6) is 0 Å². The molecule has 0 radical (unpaired) electrons. The Hall–Kier alpha value is -2.50. The van der Waals surface area contributed by atoms with Crippen LogP contribution in [-0.2, 0) is 6.18 Å². The maximum atomic E-state index is 12.7. The Morgan fingerprint density at radius 3 is 2.10 bits per heavy atom. The van der Waals surface area contributed by atoms with Gasteiger partial charge in [-0.1, -0.05) is 24.3 Å². The number of hydrogen-bond donors (Lipinski definition) is 1. The number of carboxylic acid groups (broad SMARTS) is 1. The number of rotatable bonds is 2. The zero-order valence-corrected chi connectivity index (χ0v) is 10.1. The van der Waals surface area contributed by atoms with Gasteiger partial charge in [0, 0.05) is 0 Å². The minimum absolute atomic E-state index is 0.0569. The third-order valence-corrected chi connectivity index (χ3v) is 2.64. The summed E-state index contributed by atoms with van der Waals surface area (Å²) in [6.45, 7) is 0. The molecule has 0 fully saturated rings. The number of hydrogen-bond acceptors (Lipinski definition) is 1. The topological polar surface area (TPSA) is 40.5 Å². The number of nitrogens with zero attached hydrogens (tertiary/aromatic N) is 1. The van der Waals surface area contributed by atoms with E-state index in [0.717, 1.165) is 17.0 Å². The van der Waals surface area contributed by atoms with Gasteiger partial charge in [-0.15, -0.1) is 0 Å². The smallest absolute Gasteiger partial charge is 0.416 e. The first-order valence-electron chi connectivity index (χ1n) is 5.65. The molecule has 0 aromatic heterocycles. The molecule has 104 valence electrons. The highest BCUT2D eigenvalue weighted by Crippen LogP contribution is 2.33. The summed E-state index contributed by atoms with van der Waals surface area (Å²) in [6, 6.07) is 12.1. The van der Waals surface area contributed by atoms with E-state index in [2.05, 4.69) is 0 Å². The molecule has 0 saturated carbocycles. The van der Waals surface area contributed by atoms with Crippen LogP contribution in [0.1, 0.15) is 5.56 Å². The van der Waals surface area contributed by atoms with Gasteiger partial charge in [0.1, 0.15) is 0 Å². The Bertz CT molecular complexity index is 611. The van der Waals surface area contributed by atoms with E-state index in [9.17, 15) is 23.1 Å². The summed E-state index contributed by atoms with van der Waals surface area (Å²) in [6.07, 6.45) is -5.87. The number of benzene rings is 2. The van der Waals surface area contributed by atoms with Crippen molar-refractivity contribution in [2.24, 2.45) is 0 Å². The standard InChI is InChI=1S/C14H10F3NO2/c15-14(16,17)10-5-4-8-12(9-10)18(13(19)20)11-6-2-1-3-7-11/h1-9H,(H,19,20). The Kier molecular flexibility index (Phi) is 3.65. The van der Waals surface area contributed by atoms with Crippen molar-refractivity contribution < 1.29 is 23.1 Å². The Morgan fingerprint density at radius 1 is 0.950 bits per heavy atom. The van der Waals surface area contributed by atoms with Crippen LogP contribution in [0.2, 0.25) is 0 Å². The second-order valence-corrected chi connectivity index (χ2v) is 4.00. The van der Waals surface area contributed by atoms with E-state index in [1.807, 2.05) is 0 Å². The summed E-state index contributed by atoms with van der Waals surface area (Å²) in [4.78, 5) is 12.1. The average molecular weight is 281 g/mol. The normalized spacial score (nSPS) is 11.2. The molecule has 20 heavy (non-hydrogen) atoms. The zero-order valence-electron chi connectivity index (χ0n) is 10.1. The van der Waals surface area contributed by atoms with Crippen molar-refractivity contribution in [3.05, 3.63) is 60.2 Å². The van der Waals surface area contributed by atoms with Gasteiger partial charge in [0.15, 0.2) is 0 Å². The van der Waals surface area contributed by atoms with Crippen molar-refractivity contribution >= 4 is 17.5 Å². The summed E-state index contributed by atoms with van der Waals surface area (Å²) in [7, 11) is 0. The highest BCUT2D eigenvalue weighted by Gasteiger charge is 2.31. The maximum Gasteiger partial charge on any atom is 0.416 e. The van der Waals surface area contributed by atoms with Gasteiger partial charge in [-0.3, -0.25) is 0 Å². The minimum Gasteiger partial charge on any atom is -0.464 e. The number of carbonyl (C=O) groups is 1. The first-order chi connectivity index (χ1) is 9.39. The molecule has 1 N–H and O–H groups in total. The fraction of sp³-hybridized carbons (Fsp3) is 0.0714. The van der Waals surface area contributed by atoms with Crippen LogP contribution in [0.25, 0.3) is 0 Å². The van der Waals surface area contributed by atoms with Crippen molar-refractivity contribution in [3.8, 4) is 0 Å². The average Bonchev–Trinajstić information content (AvgIpc) is 2.39. The van der Waals surface area contributed by atoms with Crippen molar-refractivity contribution in [2.75, 3.05) is 4.90 Å². The first-order valence-corrected chi connectivity index (χ1v) is 5.65. The molecular weight excluding hydrogens is 271 g/mol. The van der Waals surface area contributed by atoms with E-state index < -0.39 is 17.8 Å². The number of para-hydroxylation sites is 1. The fourth-order valence-corrected chi connectivity index (χ4v) is 1.77. The maximum absolute atomic E-state index is 12.7. The molecule has 6 heteroatoms. The predicted octanol–water partition coefficient (Wildman–Crippen LogP) is 4.52. The lowest BCUT2D eigenvalue weighted by Gasteiger charge is -2.20. The SMILES string of the molecule is O=C(O)N(c1ccccc1)c1cccc(C(F)(F)F)c1. The minimum atomic E-state index is -4.52. The van der Waals surface area contributed by atoms with Gasteiger partial charge in [0.25, 0.3) is 0 Å². The molecular formula is C14H10F3NO2. The van der Waals surface area contributed by atoms with Crippen molar-refractivity contribution in [2.45, 2.75) is 6.18 Å². The third-order valence-electron chi connectivity index (χ3n) is 2.64. The van der Waals surface area contributed by atoms with Gasteiger partial charge in [-0.05, 0) is 30.3 Å². The number of halogens is 3. The molecule has 0 unspecified atom stereocenters. The van der Waals surface area contributed by atoms with Gasteiger partial charge in [0.2, 0.25) is 0 Å². The first kappa shape index (κ1) is 13.9. The van der Waals surface area contributed by atoms with Crippen LogP contribution in [0.15, 0.2) is 54.6 Å². The van der Waals surface area contributed by atoms with E-state index in [1.54, 1.807) is 18.2 Å². The monoisotopic (exact) mass is 281 g/mol. The van der Waals surface area contributed by atoms with Gasteiger partial charge in [-0.2, -0.15) is 13.2 Å². The van der Waals surface area contributed by atoms with E-state index in [4.69, 9.17) is 0 Å². The van der Waals surface area contributed by atoms with Crippen LogP contribution in [-0.4, -0.2) is 11.2 Å².